The van der Waals surface area contributed by atoms with Crippen LogP contribution in [0.3, 0.4) is 0 Å². The van der Waals surface area contributed by atoms with Gasteiger partial charge in [-0.1, -0.05) is 11.6 Å². The standard InChI is InChI=1S/C25H19ClF3N5O2/c1-36-17-5-2-14(3-6-17)20-11-22(25(27,28)29)34-23(32-20)12-21(33-34)24(35)30-9-8-15-13-31-19-7-4-16(26)10-18(15)19/h2-7,10-13,31H,8-9H2,1H3,(H,30,35). The van der Waals surface area contributed by atoms with Crippen molar-refractivity contribution >= 4 is 34.1 Å². The summed E-state index contributed by atoms with van der Waals surface area (Å²) >= 11 is 6.07. The number of carbonyl (C=O) groups is 1. The van der Waals surface area contributed by atoms with E-state index in [1.165, 1.54) is 13.2 Å². The summed E-state index contributed by atoms with van der Waals surface area (Å²) in [6, 6.07) is 14.1. The van der Waals surface area contributed by atoms with Gasteiger partial charge in [0.1, 0.15) is 5.75 Å². The van der Waals surface area contributed by atoms with Crippen molar-refractivity contribution in [3.63, 3.8) is 0 Å². The second-order valence-corrected chi connectivity index (χ2v) is 8.50. The number of aromatic nitrogens is 4. The predicted molar refractivity (Wildman–Crippen MR) is 129 cm³/mol. The summed E-state index contributed by atoms with van der Waals surface area (Å²) in [5.74, 6) is -0.0348. The van der Waals surface area contributed by atoms with Crippen LogP contribution in [0.2, 0.25) is 5.02 Å². The molecule has 36 heavy (non-hydrogen) atoms. The van der Waals surface area contributed by atoms with Gasteiger partial charge in [-0.3, -0.25) is 4.79 Å². The third-order valence-corrected chi connectivity index (χ3v) is 5.98. The number of amides is 1. The largest absolute Gasteiger partial charge is 0.497 e. The van der Waals surface area contributed by atoms with Crippen molar-refractivity contribution in [1.29, 1.82) is 0 Å². The first-order valence-electron chi connectivity index (χ1n) is 10.9. The maximum Gasteiger partial charge on any atom is 0.433 e. The Hall–Kier alpha value is -4.05. The highest BCUT2D eigenvalue weighted by Gasteiger charge is 2.35. The van der Waals surface area contributed by atoms with Crippen LogP contribution in [-0.2, 0) is 12.6 Å². The second-order valence-electron chi connectivity index (χ2n) is 8.06. The van der Waals surface area contributed by atoms with E-state index in [9.17, 15) is 18.0 Å². The molecule has 3 aromatic heterocycles. The van der Waals surface area contributed by atoms with E-state index in [1.807, 2.05) is 18.3 Å². The predicted octanol–water partition coefficient (Wildman–Crippen LogP) is 5.53. The minimum Gasteiger partial charge on any atom is -0.497 e. The summed E-state index contributed by atoms with van der Waals surface area (Å²) in [5.41, 5.74) is 1.14. The Kier molecular flexibility index (Phi) is 6.05. The van der Waals surface area contributed by atoms with E-state index in [1.54, 1.807) is 30.3 Å². The molecule has 0 bridgehead atoms. The SMILES string of the molecule is COc1ccc(-c2cc(C(F)(F)F)n3nc(C(=O)NCCc4c[nH]c5ccc(Cl)cc45)cc3n2)cc1. The Balaban J connectivity index is 1.39. The molecule has 7 nitrogen and oxygen atoms in total. The molecule has 2 aromatic carbocycles. The lowest BCUT2D eigenvalue weighted by Crippen LogP contribution is -2.26. The highest BCUT2D eigenvalue weighted by atomic mass is 35.5. The lowest BCUT2D eigenvalue weighted by molar-refractivity contribution is -0.142. The zero-order chi connectivity index (χ0) is 25.4. The average molecular weight is 514 g/mol. The summed E-state index contributed by atoms with van der Waals surface area (Å²) < 4.78 is 47.3. The fourth-order valence-corrected chi connectivity index (χ4v) is 4.13. The minimum atomic E-state index is -4.71. The Bertz CT molecular complexity index is 1570. The van der Waals surface area contributed by atoms with E-state index in [0.717, 1.165) is 22.5 Å². The van der Waals surface area contributed by atoms with Crippen molar-refractivity contribution in [2.75, 3.05) is 13.7 Å². The van der Waals surface area contributed by atoms with Crippen LogP contribution in [0, 0.1) is 0 Å². The molecule has 0 unspecified atom stereocenters. The topological polar surface area (TPSA) is 84.3 Å². The molecule has 0 fully saturated rings. The van der Waals surface area contributed by atoms with E-state index in [4.69, 9.17) is 16.3 Å². The van der Waals surface area contributed by atoms with Crippen molar-refractivity contribution in [2.45, 2.75) is 12.6 Å². The molecule has 0 saturated carbocycles. The Morgan fingerprint density at radius 1 is 1.14 bits per heavy atom. The van der Waals surface area contributed by atoms with E-state index in [2.05, 4.69) is 20.4 Å². The van der Waals surface area contributed by atoms with Gasteiger partial charge < -0.3 is 15.0 Å². The molecule has 0 aliphatic heterocycles. The molecule has 184 valence electrons. The molecule has 5 rings (SSSR count). The van der Waals surface area contributed by atoms with Crippen LogP contribution in [0.15, 0.2) is 60.8 Å². The van der Waals surface area contributed by atoms with Crippen LogP contribution in [0.5, 0.6) is 5.75 Å². The number of carbonyl (C=O) groups excluding carboxylic acids is 1. The van der Waals surface area contributed by atoms with E-state index in [0.29, 0.717) is 27.3 Å². The summed E-state index contributed by atoms with van der Waals surface area (Å²) in [7, 11) is 1.50. The minimum absolute atomic E-state index is 0.0907. The Morgan fingerprint density at radius 2 is 1.92 bits per heavy atom. The van der Waals surface area contributed by atoms with E-state index in [-0.39, 0.29) is 23.6 Å². The number of hydrogen-bond acceptors (Lipinski definition) is 4. The number of aromatic amines is 1. The van der Waals surface area contributed by atoms with Gasteiger partial charge >= 0.3 is 6.18 Å². The Labute approximate surface area is 207 Å². The number of alkyl halides is 3. The van der Waals surface area contributed by atoms with Gasteiger partial charge in [-0.15, -0.1) is 0 Å². The number of nitrogens with one attached hydrogen (secondary N) is 2. The van der Waals surface area contributed by atoms with E-state index >= 15 is 0 Å². The molecule has 0 aliphatic carbocycles. The van der Waals surface area contributed by atoms with Gasteiger partial charge in [0, 0.05) is 40.3 Å². The lowest BCUT2D eigenvalue weighted by Gasteiger charge is -2.11. The number of H-pyrrole nitrogens is 1. The molecule has 0 atom stereocenters. The summed E-state index contributed by atoms with van der Waals surface area (Å²) in [5, 5.41) is 8.14. The molecule has 0 radical (unpaired) electrons. The molecule has 0 spiro atoms. The van der Waals surface area contributed by atoms with Crippen molar-refractivity contribution in [3.05, 3.63) is 82.8 Å². The highest BCUT2D eigenvalue weighted by molar-refractivity contribution is 6.31. The maximum atomic E-state index is 13.8. The van der Waals surface area contributed by atoms with Gasteiger partial charge in [0.05, 0.1) is 12.8 Å². The third-order valence-electron chi connectivity index (χ3n) is 5.75. The monoisotopic (exact) mass is 513 g/mol. The summed E-state index contributed by atoms with van der Waals surface area (Å²) in [6.07, 6.45) is -2.38. The second kappa shape index (κ2) is 9.19. The number of fused-ring (bicyclic) bond motifs is 2. The van der Waals surface area contributed by atoms with Crippen LogP contribution in [-0.4, -0.2) is 39.1 Å². The van der Waals surface area contributed by atoms with Crippen LogP contribution < -0.4 is 10.1 Å². The van der Waals surface area contributed by atoms with Crippen molar-refractivity contribution < 1.29 is 22.7 Å². The van der Waals surface area contributed by atoms with Gasteiger partial charge in [-0.25, -0.2) is 9.50 Å². The van der Waals surface area contributed by atoms with Crippen LogP contribution in [0.1, 0.15) is 21.7 Å². The normalized spacial score (nSPS) is 11.8. The van der Waals surface area contributed by atoms with Gasteiger partial charge in [0.2, 0.25) is 0 Å². The molecule has 0 aliphatic rings. The van der Waals surface area contributed by atoms with Crippen molar-refractivity contribution in [2.24, 2.45) is 0 Å². The first-order chi connectivity index (χ1) is 17.2. The van der Waals surface area contributed by atoms with Gasteiger partial charge in [0.15, 0.2) is 17.0 Å². The number of rotatable bonds is 6. The summed E-state index contributed by atoms with van der Waals surface area (Å²) in [6.45, 7) is 0.253. The molecule has 0 saturated heterocycles. The molecular weight excluding hydrogens is 495 g/mol. The van der Waals surface area contributed by atoms with Crippen molar-refractivity contribution in [1.82, 2.24) is 24.9 Å². The number of hydrogen-bond donors (Lipinski definition) is 2. The molecule has 5 aromatic rings. The zero-order valence-corrected chi connectivity index (χ0v) is 19.6. The maximum absolute atomic E-state index is 13.8. The fourth-order valence-electron chi connectivity index (χ4n) is 3.96. The smallest absolute Gasteiger partial charge is 0.433 e. The number of methoxy groups -OCH3 is 1. The van der Waals surface area contributed by atoms with Gasteiger partial charge in [-0.05, 0) is 60.5 Å². The number of benzene rings is 2. The van der Waals surface area contributed by atoms with E-state index < -0.39 is 17.8 Å². The van der Waals surface area contributed by atoms with Gasteiger partial charge in [0.25, 0.3) is 5.91 Å². The average Bonchev–Trinajstić information content (AvgIpc) is 3.47. The highest BCUT2D eigenvalue weighted by Crippen LogP contribution is 2.32. The van der Waals surface area contributed by atoms with Crippen molar-refractivity contribution in [3.8, 4) is 17.0 Å². The third kappa shape index (κ3) is 4.59. The van der Waals surface area contributed by atoms with Gasteiger partial charge in [-0.2, -0.15) is 18.3 Å². The quantitative estimate of drug-likeness (QED) is 0.313. The zero-order valence-electron chi connectivity index (χ0n) is 18.9. The summed E-state index contributed by atoms with van der Waals surface area (Å²) in [4.78, 5) is 20.2. The molecule has 1 amide bonds. The van der Waals surface area contributed by atoms with Crippen LogP contribution in [0.25, 0.3) is 27.8 Å². The first kappa shape index (κ1) is 23.7. The Morgan fingerprint density at radius 3 is 2.64 bits per heavy atom. The molecular formula is C25H19ClF3N5O2. The molecule has 3 heterocycles. The molecule has 2 N–H and O–H groups in total. The first-order valence-corrected chi connectivity index (χ1v) is 11.3. The molecule has 11 heteroatoms. The lowest BCUT2D eigenvalue weighted by atomic mass is 10.1. The number of nitrogens with zero attached hydrogens (tertiary/aromatic N) is 3. The van der Waals surface area contributed by atoms with Crippen LogP contribution >= 0.6 is 11.6 Å². The fraction of sp³-hybridized carbons (Fsp3) is 0.160. The number of halogens is 4. The van der Waals surface area contributed by atoms with Crippen LogP contribution in [0.4, 0.5) is 13.2 Å². The number of ether oxygens (including phenoxy) is 1.